The standard InChI is InChI=1S/C16H26N2O3/c1-2-10-8-11(12(9-10)16(20)21)15(19)17-13-5-7-18-6-3-4-14(13)18/h10-14H,2-9H2,1H3,(H,17,19)(H,20,21). The van der Waals surface area contributed by atoms with Gasteiger partial charge in [-0.1, -0.05) is 13.3 Å². The SMILES string of the molecule is CCC1CC(C(=O)O)C(C(=O)NC2CCN3CCCC23)C1. The maximum absolute atomic E-state index is 12.6. The molecule has 0 bridgehead atoms. The second-order valence-corrected chi connectivity index (χ2v) is 6.95. The van der Waals surface area contributed by atoms with Gasteiger partial charge in [0.1, 0.15) is 0 Å². The number of carbonyl (C=O) groups excluding carboxylic acids is 1. The average molecular weight is 294 g/mol. The topological polar surface area (TPSA) is 69.6 Å². The lowest BCUT2D eigenvalue weighted by Crippen LogP contribution is -2.46. The molecular formula is C16H26N2O3. The second kappa shape index (κ2) is 5.95. The molecule has 1 amide bonds. The van der Waals surface area contributed by atoms with Gasteiger partial charge in [-0.2, -0.15) is 0 Å². The van der Waals surface area contributed by atoms with Crippen LogP contribution >= 0.6 is 0 Å². The van der Waals surface area contributed by atoms with E-state index in [1.54, 1.807) is 0 Å². The molecule has 21 heavy (non-hydrogen) atoms. The van der Waals surface area contributed by atoms with E-state index in [2.05, 4.69) is 17.1 Å². The number of fused-ring (bicyclic) bond motifs is 1. The fraction of sp³-hybridized carbons (Fsp3) is 0.875. The third-order valence-electron chi connectivity index (χ3n) is 5.83. The van der Waals surface area contributed by atoms with E-state index < -0.39 is 11.9 Å². The van der Waals surface area contributed by atoms with Crippen molar-refractivity contribution in [2.75, 3.05) is 13.1 Å². The summed E-state index contributed by atoms with van der Waals surface area (Å²) in [6.45, 7) is 4.30. The van der Waals surface area contributed by atoms with E-state index in [1.807, 2.05) is 0 Å². The highest BCUT2D eigenvalue weighted by Gasteiger charge is 2.44. The second-order valence-electron chi connectivity index (χ2n) is 6.95. The summed E-state index contributed by atoms with van der Waals surface area (Å²) in [5, 5.41) is 12.5. The highest BCUT2D eigenvalue weighted by atomic mass is 16.4. The molecule has 1 saturated carbocycles. The van der Waals surface area contributed by atoms with Crippen molar-refractivity contribution >= 4 is 11.9 Å². The van der Waals surface area contributed by atoms with Gasteiger partial charge in [0.15, 0.2) is 0 Å². The Labute approximate surface area is 126 Å². The van der Waals surface area contributed by atoms with E-state index in [0.717, 1.165) is 38.8 Å². The number of nitrogens with one attached hydrogen (secondary N) is 1. The third-order valence-corrected chi connectivity index (χ3v) is 5.83. The quantitative estimate of drug-likeness (QED) is 0.824. The molecule has 5 heteroatoms. The number of aliphatic carboxylic acids is 1. The maximum atomic E-state index is 12.6. The Morgan fingerprint density at radius 3 is 2.67 bits per heavy atom. The van der Waals surface area contributed by atoms with Crippen LogP contribution in [0, 0.1) is 17.8 Å². The van der Waals surface area contributed by atoms with Gasteiger partial charge in [-0.3, -0.25) is 14.5 Å². The molecule has 0 aromatic carbocycles. The molecule has 3 aliphatic rings. The number of carboxylic acids is 1. The van der Waals surface area contributed by atoms with Crippen molar-refractivity contribution in [2.24, 2.45) is 17.8 Å². The van der Waals surface area contributed by atoms with Gasteiger partial charge in [0.2, 0.25) is 5.91 Å². The molecule has 0 spiro atoms. The molecule has 5 unspecified atom stereocenters. The largest absolute Gasteiger partial charge is 0.481 e. The molecule has 0 aromatic heterocycles. The highest BCUT2D eigenvalue weighted by Crippen LogP contribution is 2.39. The third kappa shape index (κ3) is 2.80. The molecule has 2 heterocycles. The molecular weight excluding hydrogens is 268 g/mol. The number of carbonyl (C=O) groups is 2. The zero-order valence-electron chi connectivity index (χ0n) is 12.8. The Hall–Kier alpha value is -1.10. The molecule has 5 nitrogen and oxygen atoms in total. The average Bonchev–Trinajstić information content (AvgIpc) is 3.13. The van der Waals surface area contributed by atoms with Crippen LogP contribution in [0.5, 0.6) is 0 Å². The molecule has 3 fully saturated rings. The number of nitrogens with zero attached hydrogens (tertiary/aromatic N) is 1. The van der Waals surface area contributed by atoms with Gasteiger partial charge in [-0.05, 0) is 44.6 Å². The number of amides is 1. The summed E-state index contributed by atoms with van der Waals surface area (Å²) in [4.78, 5) is 26.4. The fourth-order valence-electron chi connectivity index (χ4n) is 4.58. The molecule has 2 N–H and O–H groups in total. The van der Waals surface area contributed by atoms with Crippen LogP contribution in [0.1, 0.15) is 45.4 Å². The first kappa shape index (κ1) is 14.8. The first-order valence-corrected chi connectivity index (χ1v) is 8.37. The van der Waals surface area contributed by atoms with Gasteiger partial charge < -0.3 is 10.4 Å². The van der Waals surface area contributed by atoms with Crippen molar-refractivity contribution in [3.63, 3.8) is 0 Å². The van der Waals surface area contributed by atoms with Gasteiger partial charge in [-0.25, -0.2) is 0 Å². The number of hydrogen-bond donors (Lipinski definition) is 2. The van der Waals surface area contributed by atoms with E-state index in [9.17, 15) is 14.7 Å². The lowest BCUT2D eigenvalue weighted by molar-refractivity contribution is -0.146. The van der Waals surface area contributed by atoms with E-state index in [1.165, 1.54) is 6.42 Å². The van der Waals surface area contributed by atoms with Crippen molar-refractivity contribution < 1.29 is 14.7 Å². The monoisotopic (exact) mass is 294 g/mol. The number of carboxylic acid groups (broad SMARTS) is 1. The van der Waals surface area contributed by atoms with Crippen molar-refractivity contribution in [1.82, 2.24) is 10.2 Å². The normalized spacial score (nSPS) is 39.4. The van der Waals surface area contributed by atoms with Crippen LogP contribution in [-0.2, 0) is 9.59 Å². The Morgan fingerprint density at radius 1 is 1.19 bits per heavy atom. The van der Waals surface area contributed by atoms with Crippen LogP contribution in [0.25, 0.3) is 0 Å². The number of rotatable bonds is 4. The number of hydrogen-bond acceptors (Lipinski definition) is 3. The minimum Gasteiger partial charge on any atom is -0.481 e. The summed E-state index contributed by atoms with van der Waals surface area (Å²) in [6.07, 6.45) is 5.75. The van der Waals surface area contributed by atoms with Crippen molar-refractivity contribution in [3.8, 4) is 0 Å². The highest BCUT2D eigenvalue weighted by molar-refractivity contribution is 5.85. The van der Waals surface area contributed by atoms with Crippen molar-refractivity contribution in [1.29, 1.82) is 0 Å². The lowest BCUT2D eigenvalue weighted by atomic mass is 9.94. The zero-order chi connectivity index (χ0) is 15.0. The zero-order valence-corrected chi connectivity index (χ0v) is 12.8. The molecule has 1 aliphatic carbocycles. The molecule has 2 saturated heterocycles. The Morgan fingerprint density at radius 2 is 1.95 bits per heavy atom. The molecule has 0 radical (unpaired) electrons. The summed E-state index contributed by atoms with van der Waals surface area (Å²) in [6, 6.07) is 0.718. The summed E-state index contributed by atoms with van der Waals surface area (Å²) in [5.41, 5.74) is 0. The maximum Gasteiger partial charge on any atom is 0.307 e. The minimum absolute atomic E-state index is 0.0166. The molecule has 118 valence electrons. The first-order chi connectivity index (χ1) is 10.1. The first-order valence-electron chi connectivity index (χ1n) is 8.37. The smallest absolute Gasteiger partial charge is 0.307 e. The van der Waals surface area contributed by atoms with Gasteiger partial charge in [0.25, 0.3) is 0 Å². The lowest BCUT2D eigenvalue weighted by Gasteiger charge is -2.24. The summed E-state index contributed by atoms with van der Waals surface area (Å²) < 4.78 is 0. The van der Waals surface area contributed by atoms with Crippen molar-refractivity contribution in [2.45, 2.75) is 57.5 Å². The minimum atomic E-state index is -0.806. The van der Waals surface area contributed by atoms with Crippen LogP contribution in [0.15, 0.2) is 0 Å². The van der Waals surface area contributed by atoms with Crippen LogP contribution in [-0.4, -0.2) is 47.1 Å². The summed E-state index contributed by atoms with van der Waals surface area (Å²) in [5.74, 6) is -1.26. The predicted molar refractivity (Wildman–Crippen MR) is 78.8 cm³/mol. The van der Waals surface area contributed by atoms with E-state index in [4.69, 9.17) is 0 Å². The molecule has 5 atom stereocenters. The predicted octanol–water partition coefficient (Wildman–Crippen LogP) is 1.48. The van der Waals surface area contributed by atoms with Gasteiger partial charge >= 0.3 is 5.97 Å². The van der Waals surface area contributed by atoms with Crippen LogP contribution in [0.3, 0.4) is 0 Å². The molecule has 2 aliphatic heterocycles. The Balaban J connectivity index is 1.63. The van der Waals surface area contributed by atoms with Crippen LogP contribution in [0.2, 0.25) is 0 Å². The van der Waals surface area contributed by atoms with Gasteiger partial charge in [0, 0.05) is 18.6 Å². The Kier molecular flexibility index (Phi) is 4.20. The van der Waals surface area contributed by atoms with Crippen LogP contribution in [0.4, 0.5) is 0 Å². The molecule has 0 aromatic rings. The van der Waals surface area contributed by atoms with Gasteiger partial charge in [-0.15, -0.1) is 0 Å². The van der Waals surface area contributed by atoms with E-state index >= 15 is 0 Å². The van der Waals surface area contributed by atoms with E-state index in [-0.39, 0.29) is 17.9 Å². The summed E-state index contributed by atoms with van der Waals surface area (Å²) in [7, 11) is 0. The van der Waals surface area contributed by atoms with Crippen molar-refractivity contribution in [3.05, 3.63) is 0 Å². The van der Waals surface area contributed by atoms with E-state index in [0.29, 0.717) is 18.4 Å². The van der Waals surface area contributed by atoms with Gasteiger partial charge in [0.05, 0.1) is 11.8 Å². The Bertz CT molecular complexity index is 426. The van der Waals surface area contributed by atoms with Crippen LogP contribution < -0.4 is 5.32 Å². The fourth-order valence-corrected chi connectivity index (χ4v) is 4.58. The summed E-state index contributed by atoms with van der Waals surface area (Å²) >= 11 is 0. The molecule has 3 rings (SSSR count).